The van der Waals surface area contributed by atoms with E-state index in [-0.39, 0.29) is 17.6 Å². The van der Waals surface area contributed by atoms with Crippen LogP contribution >= 0.6 is 0 Å². The first kappa shape index (κ1) is 20.7. The monoisotopic (exact) mass is 409 g/mol. The van der Waals surface area contributed by atoms with Crippen LogP contribution in [0.1, 0.15) is 36.7 Å². The third kappa shape index (κ3) is 4.29. The van der Waals surface area contributed by atoms with Crippen molar-refractivity contribution in [2.45, 2.75) is 45.3 Å². The number of amides is 1. The molecule has 0 bridgehead atoms. The Hall–Kier alpha value is -2.60. The van der Waals surface area contributed by atoms with Crippen LogP contribution in [-0.4, -0.2) is 52.0 Å². The number of rotatable bonds is 5. The molecule has 2 saturated heterocycles. The third-order valence-electron chi connectivity index (χ3n) is 6.35. The van der Waals surface area contributed by atoms with Crippen molar-refractivity contribution in [2.24, 2.45) is 13.0 Å². The van der Waals surface area contributed by atoms with Gasteiger partial charge in [-0.15, -0.1) is 0 Å². The third-order valence-corrected chi connectivity index (χ3v) is 6.35. The molecular formula is C24H31N3O3. The summed E-state index contributed by atoms with van der Waals surface area (Å²) in [6.07, 6.45) is 5.56. The molecule has 6 nitrogen and oxygen atoms in total. The molecule has 0 saturated carbocycles. The molecule has 6 heteroatoms. The van der Waals surface area contributed by atoms with Crippen molar-refractivity contribution in [3.8, 4) is 5.75 Å². The number of ether oxygens (including phenoxy) is 2. The molecular weight excluding hydrogens is 378 g/mol. The van der Waals surface area contributed by atoms with Crippen molar-refractivity contribution in [3.63, 3.8) is 0 Å². The standard InChI is InChI=1S/C24H31N3O3/c1-17-21(18(2)26(4)25-17)10-11-23(28)27-13-12-22-19(15-27)14-24(3,30-22)16-29-20-8-6-5-7-9-20/h5-11,19,22H,12-16H2,1-4H3/t19-,22+,24-/m1/s1. The summed E-state index contributed by atoms with van der Waals surface area (Å²) >= 11 is 0. The number of fused-ring (bicyclic) bond motifs is 1. The molecule has 0 unspecified atom stereocenters. The highest BCUT2D eigenvalue weighted by Gasteiger charge is 2.46. The van der Waals surface area contributed by atoms with Crippen LogP contribution < -0.4 is 4.74 Å². The van der Waals surface area contributed by atoms with Crippen molar-refractivity contribution in [1.82, 2.24) is 14.7 Å². The Labute approximate surface area is 178 Å². The number of hydrogen-bond donors (Lipinski definition) is 0. The predicted octanol–water partition coefficient (Wildman–Crippen LogP) is 3.53. The number of aromatic nitrogens is 2. The van der Waals surface area contributed by atoms with Gasteiger partial charge in [0.05, 0.1) is 11.8 Å². The summed E-state index contributed by atoms with van der Waals surface area (Å²) in [6, 6.07) is 9.84. The number of benzene rings is 1. The lowest BCUT2D eigenvalue weighted by molar-refractivity contribution is -0.129. The first-order chi connectivity index (χ1) is 14.3. The molecule has 30 heavy (non-hydrogen) atoms. The van der Waals surface area contributed by atoms with Gasteiger partial charge in [0.1, 0.15) is 18.0 Å². The molecule has 160 valence electrons. The van der Waals surface area contributed by atoms with Crippen LogP contribution in [0, 0.1) is 19.8 Å². The van der Waals surface area contributed by atoms with Crippen LogP contribution in [0.2, 0.25) is 0 Å². The van der Waals surface area contributed by atoms with E-state index in [9.17, 15) is 4.79 Å². The number of aryl methyl sites for hydroxylation is 2. The van der Waals surface area contributed by atoms with E-state index in [2.05, 4.69) is 12.0 Å². The highest BCUT2D eigenvalue weighted by Crippen LogP contribution is 2.39. The summed E-state index contributed by atoms with van der Waals surface area (Å²) < 4.78 is 14.2. The number of piperidine rings is 1. The number of carbonyl (C=O) groups is 1. The predicted molar refractivity (Wildman–Crippen MR) is 116 cm³/mol. The van der Waals surface area contributed by atoms with Gasteiger partial charge in [0.25, 0.3) is 0 Å². The van der Waals surface area contributed by atoms with E-state index in [1.54, 1.807) is 6.08 Å². The van der Waals surface area contributed by atoms with Crippen molar-refractivity contribution in [2.75, 3.05) is 19.7 Å². The van der Waals surface area contributed by atoms with Crippen molar-refractivity contribution < 1.29 is 14.3 Å². The van der Waals surface area contributed by atoms with Gasteiger partial charge in [-0.1, -0.05) is 18.2 Å². The summed E-state index contributed by atoms with van der Waals surface area (Å²) in [5.74, 6) is 1.27. The van der Waals surface area contributed by atoms with Crippen LogP contribution in [0.5, 0.6) is 5.75 Å². The van der Waals surface area contributed by atoms with E-state index in [4.69, 9.17) is 9.47 Å². The number of nitrogens with zero attached hydrogens (tertiary/aromatic N) is 3. The summed E-state index contributed by atoms with van der Waals surface area (Å²) in [7, 11) is 1.92. The molecule has 0 N–H and O–H groups in total. The molecule has 3 atom stereocenters. The molecule has 1 aromatic carbocycles. The number of likely N-dealkylation sites (tertiary alicyclic amines) is 1. The van der Waals surface area contributed by atoms with Gasteiger partial charge in [0.2, 0.25) is 5.91 Å². The number of hydrogen-bond acceptors (Lipinski definition) is 4. The van der Waals surface area contributed by atoms with Gasteiger partial charge in [-0.2, -0.15) is 5.10 Å². The number of carbonyl (C=O) groups excluding carboxylic acids is 1. The fraction of sp³-hybridized carbons (Fsp3) is 0.500. The van der Waals surface area contributed by atoms with Gasteiger partial charge in [0, 0.05) is 43.4 Å². The van der Waals surface area contributed by atoms with Crippen LogP contribution in [-0.2, 0) is 16.6 Å². The average molecular weight is 410 g/mol. The highest BCUT2D eigenvalue weighted by molar-refractivity contribution is 5.92. The molecule has 3 heterocycles. The van der Waals surface area contributed by atoms with Gasteiger partial charge < -0.3 is 14.4 Å². The summed E-state index contributed by atoms with van der Waals surface area (Å²) in [6.45, 7) is 8.09. The molecule has 1 amide bonds. The lowest BCUT2D eigenvalue weighted by Crippen LogP contribution is -2.43. The van der Waals surface area contributed by atoms with E-state index in [0.717, 1.165) is 48.6 Å². The Balaban J connectivity index is 1.35. The van der Waals surface area contributed by atoms with Crippen LogP contribution in [0.4, 0.5) is 0 Å². The summed E-state index contributed by atoms with van der Waals surface area (Å²) in [4.78, 5) is 14.8. The second-order valence-corrected chi connectivity index (χ2v) is 8.79. The molecule has 0 aliphatic carbocycles. The van der Waals surface area contributed by atoms with Crippen LogP contribution in [0.25, 0.3) is 6.08 Å². The Morgan fingerprint density at radius 2 is 2.10 bits per heavy atom. The lowest BCUT2D eigenvalue weighted by atomic mass is 9.89. The van der Waals surface area contributed by atoms with Gasteiger partial charge in [0.15, 0.2) is 0 Å². The average Bonchev–Trinajstić information content (AvgIpc) is 3.20. The lowest BCUT2D eigenvalue weighted by Gasteiger charge is -2.33. The Bertz CT molecular complexity index is 937. The zero-order valence-corrected chi connectivity index (χ0v) is 18.3. The zero-order chi connectivity index (χ0) is 21.3. The first-order valence-corrected chi connectivity index (χ1v) is 10.7. The maximum absolute atomic E-state index is 12.8. The molecule has 4 rings (SSSR count). The van der Waals surface area contributed by atoms with Crippen LogP contribution in [0.15, 0.2) is 36.4 Å². The first-order valence-electron chi connectivity index (χ1n) is 10.7. The van der Waals surface area contributed by atoms with E-state index in [1.807, 2.05) is 66.9 Å². The van der Waals surface area contributed by atoms with E-state index in [0.29, 0.717) is 12.5 Å². The Morgan fingerprint density at radius 3 is 2.80 bits per heavy atom. The zero-order valence-electron chi connectivity index (χ0n) is 18.3. The van der Waals surface area contributed by atoms with Crippen LogP contribution in [0.3, 0.4) is 0 Å². The molecule has 2 fully saturated rings. The molecule has 2 aliphatic rings. The minimum Gasteiger partial charge on any atom is -0.491 e. The smallest absolute Gasteiger partial charge is 0.246 e. The quantitative estimate of drug-likeness (QED) is 0.709. The topological polar surface area (TPSA) is 56.6 Å². The van der Waals surface area contributed by atoms with E-state index < -0.39 is 0 Å². The normalized spacial score (nSPS) is 26.2. The molecule has 2 aliphatic heterocycles. The summed E-state index contributed by atoms with van der Waals surface area (Å²) in [5, 5.41) is 4.41. The van der Waals surface area contributed by atoms with Gasteiger partial charge in [-0.3, -0.25) is 9.48 Å². The SMILES string of the molecule is Cc1nn(C)c(C)c1C=CC(=O)N1CC[C@@H]2O[C@@](C)(COc3ccccc3)C[C@@H]2C1. The fourth-order valence-electron chi connectivity index (χ4n) is 4.67. The minimum atomic E-state index is -0.315. The second-order valence-electron chi connectivity index (χ2n) is 8.79. The van der Waals surface area contributed by atoms with E-state index in [1.165, 1.54) is 0 Å². The van der Waals surface area contributed by atoms with Crippen molar-refractivity contribution in [1.29, 1.82) is 0 Å². The van der Waals surface area contributed by atoms with Gasteiger partial charge in [-0.25, -0.2) is 0 Å². The van der Waals surface area contributed by atoms with Crippen molar-refractivity contribution >= 4 is 12.0 Å². The van der Waals surface area contributed by atoms with Crippen molar-refractivity contribution in [3.05, 3.63) is 53.4 Å². The second kappa shape index (κ2) is 8.26. The molecule has 2 aromatic rings. The van der Waals surface area contributed by atoms with Gasteiger partial charge >= 0.3 is 0 Å². The molecule has 0 radical (unpaired) electrons. The Kier molecular flexibility index (Phi) is 5.69. The molecule has 1 aromatic heterocycles. The van der Waals surface area contributed by atoms with Gasteiger partial charge in [-0.05, 0) is 51.8 Å². The van der Waals surface area contributed by atoms with E-state index >= 15 is 0 Å². The molecule has 0 spiro atoms. The largest absolute Gasteiger partial charge is 0.491 e. The fourth-order valence-corrected chi connectivity index (χ4v) is 4.67. The Morgan fingerprint density at radius 1 is 1.33 bits per heavy atom. The maximum Gasteiger partial charge on any atom is 0.246 e. The minimum absolute atomic E-state index is 0.0604. The summed E-state index contributed by atoms with van der Waals surface area (Å²) in [5.41, 5.74) is 2.71. The highest BCUT2D eigenvalue weighted by atomic mass is 16.6. The number of para-hydroxylation sites is 1. The maximum atomic E-state index is 12.8.